The number of nitrogens with two attached hydrogens (primary N) is 2. The van der Waals surface area contributed by atoms with Gasteiger partial charge in [0.2, 0.25) is 0 Å². The molecule has 46 valence electrons. The lowest BCUT2D eigenvalue weighted by Crippen LogP contribution is -2.02. The van der Waals surface area contributed by atoms with Gasteiger partial charge < -0.3 is 21.5 Å². The molecular formula is H8N4O3. The lowest BCUT2D eigenvalue weighted by Gasteiger charge is -1.74. The van der Waals surface area contributed by atoms with E-state index in [0.29, 0.717) is 0 Å². The van der Waals surface area contributed by atoms with Crippen molar-refractivity contribution in [2.24, 2.45) is 11.7 Å². The van der Waals surface area contributed by atoms with E-state index in [9.17, 15) is 0 Å². The second-order valence-electron chi connectivity index (χ2n) is 0.224. The van der Waals surface area contributed by atoms with Crippen LogP contribution in [0.3, 0.4) is 0 Å². The molecule has 0 rings (SSSR count). The van der Waals surface area contributed by atoms with Gasteiger partial charge in [-0.25, -0.2) is 0 Å². The number of hydrogen-bond donors (Lipinski definition) is 3. The second-order valence-corrected chi connectivity index (χ2v) is 0.224. The molecule has 0 aliphatic rings. The highest BCUT2D eigenvalue weighted by molar-refractivity contribution is 4.03. The normalized spacial score (nSPS) is 4.29. The molecule has 0 aliphatic carbocycles. The van der Waals surface area contributed by atoms with Crippen LogP contribution in [0.25, 0.3) is 0 Å². The van der Waals surface area contributed by atoms with E-state index in [4.69, 9.17) is 15.3 Å². The largest absolute Gasteiger partial charge is 0.369 e. The summed E-state index contributed by atoms with van der Waals surface area (Å²) in [4.78, 5) is 8.25. The highest BCUT2D eigenvalue weighted by Gasteiger charge is 1.45. The van der Waals surface area contributed by atoms with Crippen LogP contribution in [0.2, 0.25) is 0 Å². The second kappa shape index (κ2) is 19.5. The van der Waals surface area contributed by atoms with Gasteiger partial charge in [0.25, 0.3) is 0 Å². The Morgan fingerprint density at radius 3 is 1.29 bits per heavy atom. The first-order chi connectivity index (χ1) is 2.73. The Bertz CT molecular complexity index is 29.9. The monoisotopic (exact) mass is 112 g/mol. The maximum atomic E-state index is 8.25. The van der Waals surface area contributed by atoms with Crippen LogP contribution >= 0.6 is 0 Å². The summed E-state index contributed by atoms with van der Waals surface area (Å²) in [5.74, 6) is 8.00. The third kappa shape index (κ3) is 56.9. The lowest BCUT2D eigenvalue weighted by atomic mass is 13.0. The third-order valence-corrected chi connectivity index (χ3v) is 0. The molecule has 7 nitrogen and oxygen atoms in total. The Morgan fingerprint density at radius 2 is 1.29 bits per heavy atom. The van der Waals surface area contributed by atoms with Crippen LogP contribution in [0.4, 0.5) is 0 Å². The van der Waals surface area contributed by atoms with E-state index >= 15 is 0 Å². The first-order valence-electron chi connectivity index (χ1n) is 0.881. The molecule has 0 unspecified atom stereocenters. The fourth-order valence-corrected chi connectivity index (χ4v) is 0. The van der Waals surface area contributed by atoms with E-state index in [1.165, 1.54) is 0 Å². The summed E-state index contributed by atoms with van der Waals surface area (Å²) < 4.78 is 0. The van der Waals surface area contributed by atoms with Crippen LogP contribution in [0, 0.1) is 15.3 Å². The number of nitrogens with zero attached hydrogens (tertiary/aromatic N) is 1. The standard InChI is InChI=1S/H4N2.NO3.H3N/c1-2;2-1(3)4;/h1-2H2;;1H3/q;-1;/p+1. The molecule has 0 aromatic rings. The number of rotatable bonds is 0. The zero-order valence-corrected chi connectivity index (χ0v) is 3.83. The van der Waals surface area contributed by atoms with Gasteiger partial charge in [0.1, 0.15) is 0 Å². The molecule has 0 amide bonds. The topological polar surface area (TPSA) is 155 Å². The van der Waals surface area contributed by atoms with E-state index in [1.807, 2.05) is 0 Å². The van der Waals surface area contributed by atoms with Crippen LogP contribution in [0.5, 0.6) is 0 Å². The van der Waals surface area contributed by atoms with Crippen LogP contribution < -0.4 is 17.8 Å². The summed E-state index contributed by atoms with van der Waals surface area (Å²) >= 11 is 0. The minimum absolute atomic E-state index is 0. The molecule has 8 N–H and O–H groups in total. The molecule has 0 spiro atoms. The molecule has 0 aromatic carbocycles. The van der Waals surface area contributed by atoms with Crippen molar-refractivity contribution in [1.29, 1.82) is 0 Å². The molecule has 0 saturated heterocycles. The highest BCUT2D eigenvalue weighted by atomic mass is 16.9. The molecule has 0 radical (unpaired) electrons. The van der Waals surface area contributed by atoms with Gasteiger partial charge in [-0.05, 0) is 0 Å². The summed E-state index contributed by atoms with van der Waals surface area (Å²) in [6, 6.07) is 0. The molecule has 7 heteroatoms. The van der Waals surface area contributed by atoms with E-state index in [2.05, 4.69) is 11.7 Å². The van der Waals surface area contributed by atoms with Crippen LogP contribution in [-0.4, -0.2) is 5.09 Å². The van der Waals surface area contributed by atoms with Crippen LogP contribution in [-0.2, 0) is 0 Å². The Hall–Kier alpha value is -0.920. The van der Waals surface area contributed by atoms with Crippen molar-refractivity contribution < 1.29 is 5.09 Å². The fourth-order valence-electron chi connectivity index (χ4n) is 0. The number of quaternary nitrogens is 1. The maximum absolute atomic E-state index is 8.25. The van der Waals surface area contributed by atoms with Crippen molar-refractivity contribution >= 4 is 0 Å². The maximum Gasteiger partial charge on any atom is 0.0689 e. The average Bonchev–Trinajstić information content (AvgIpc) is 1.41. The molecule has 0 aliphatic heterocycles. The Labute approximate surface area is 39.6 Å². The van der Waals surface area contributed by atoms with E-state index in [0.717, 1.165) is 0 Å². The average molecular weight is 112 g/mol. The van der Waals surface area contributed by atoms with Crippen LogP contribution in [0.1, 0.15) is 0 Å². The first kappa shape index (κ1) is 16.5. The molecule has 0 aromatic heterocycles. The van der Waals surface area contributed by atoms with Crippen molar-refractivity contribution in [1.82, 2.24) is 6.15 Å². The van der Waals surface area contributed by atoms with Crippen molar-refractivity contribution in [3.63, 3.8) is 0 Å². The van der Waals surface area contributed by atoms with Gasteiger partial charge >= 0.3 is 0 Å². The minimum Gasteiger partial charge on any atom is -0.369 e. The van der Waals surface area contributed by atoms with Gasteiger partial charge in [0.15, 0.2) is 0 Å². The smallest absolute Gasteiger partial charge is 0.0689 e. The Morgan fingerprint density at radius 1 is 1.29 bits per heavy atom. The lowest BCUT2D eigenvalue weighted by molar-refractivity contribution is -0.402. The van der Waals surface area contributed by atoms with Gasteiger partial charge in [-0.15, -0.1) is 0 Å². The van der Waals surface area contributed by atoms with E-state index in [1.54, 1.807) is 0 Å². The molecule has 0 fully saturated rings. The fraction of sp³-hybridized carbons (Fsp3) is 0. The Kier molecular flexibility index (Phi) is 46.2. The zero-order chi connectivity index (χ0) is 5.58. The van der Waals surface area contributed by atoms with Crippen molar-refractivity contribution in [2.45, 2.75) is 0 Å². The summed E-state index contributed by atoms with van der Waals surface area (Å²) in [5.41, 5.74) is 0. The summed E-state index contributed by atoms with van der Waals surface area (Å²) in [6.07, 6.45) is 0. The molecule has 0 atom stereocenters. The summed E-state index contributed by atoms with van der Waals surface area (Å²) in [6.45, 7) is 0. The van der Waals surface area contributed by atoms with Crippen LogP contribution in [0.15, 0.2) is 0 Å². The predicted molar refractivity (Wildman–Crippen MR) is 24.7 cm³/mol. The minimum atomic E-state index is -1.75. The molecule has 0 saturated carbocycles. The van der Waals surface area contributed by atoms with Crippen molar-refractivity contribution in [3.8, 4) is 0 Å². The van der Waals surface area contributed by atoms with Gasteiger partial charge in [-0.1, -0.05) is 0 Å². The van der Waals surface area contributed by atoms with E-state index in [-0.39, 0.29) is 6.15 Å². The Balaban J connectivity index is -0.0000000480. The van der Waals surface area contributed by atoms with Gasteiger partial charge in [0, 0.05) is 0 Å². The first-order valence-corrected chi connectivity index (χ1v) is 0.881. The predicted octanol–water partition coefficient (Wildman–Crippen LogP) is -1.04. The molecule has 0 bridgehead atoms. The van der Waals surface area contributed by atoms with Gasteiger partial charge in [-0.2, -0.15) is 0 Å². The zero-order valence-electron chi connectivity index (χ0n) is 3.83. The SMILES string of the molecule is NN.O=[N+]([O-])[O-].[NH4+]. The van der Waals surface area contributed by atoms with E-state index < -0.39 is 5.09 Å². The summed E-state index contributed by atoms with van der Waals surface area (Å²) in [5, 5.41) is 14.8. The number of hydrazine groups is 1. The third-order valence-electron chi connectivity index (χ3n) is 0. The highest BCUT2D eigenvalue weighted by Crippen LogP contribution is 1.44. The summed E-state index contributed by atoms with van der Waals surface area (Å²) in [7, 11) is 0. The number of hydrogen-bond acceptors (Lipinski definition) is 5. The van der Waals surface area contributed by atoms with Crippen molar-refractivity contribution in [2.75, 3.05) is 0 Å². The molecular weight excluding hydrogens is 104 g/mol. The molecule has 7 heavy (non-hydrogen) atoms. The van der Waals surface area contributed by atoms with Crippen molar-refractivity contribution in [3.05, 3.63) is 15.3 Å². The van der Waals surface area contributed by atoms with Gasteiger partial charge in [-0.3, -0.25) is 11.7 Å². The quantitative estimate of drug-likeness (QED) is 0.207. The van der Waals surface area contributed by atoms with Gasteiger partial charge in [0.05, 0.1) is 5.09 Å². The molecule has 0 heterocycles.